The first kappa shape index (κ1) is 18.8. The summed E-state index contributed by atoms with van der Waals surface area (Å²) in [6.07, 6.45) is 0.665. The molecule has 146 valence electrons. The Balaban J connectivity index is 1.63. The molecule has 1 aliphatic rings. The van der Waals surface area contributed by atoms with E-state index in [2.05, 4.69) is 10.2 Å². The van der Waals surface area contributed by atoms with E-state index in [1.807, 2.05) is 41.8 Å². The van der Waals surface area contributed by atoms with E-state index in [1.54, 1.807) is 12.1 Å². The van der Waals surface area contributed by atoms with Gasteiger partial charge in [0.2, 0.25) is 10.0 Å². The molecule has 6 nitrogen and oxygen atoms in total. The van der Waals surface area contributed by atoms with Crippen LogP contribution in [0.3, 0.4) is 0 Å². The Bertz CT molecular complexity index is 1080. The maximum Gasteiger partial charge on any atom is 0.218 e. The lowest BCUT2D eigenvalue weighted by Crippen LogP contribution is -2.42. The molecule has 0 unspecified atom stereocenters. The van der Waals surface area contributed by atoms with Gasteiger partial charge in [-0.1, -0.05) is 48.5 Å². The van der Waals surface area contributed by atoms with Crippen LogP contribution in [0.4, 0.5) is 4.39 Å². The number of hydrogen-bond acceptors (Lipinski definition) is 4. The summed E-state index contributed by atoms with van der Waals surface area (Å²) in [5.41, 5.74) is 1.28. The molecule has 0 amide bonds. The van der Waals surface area contributed by atoms with E-state index in [0.29, 0.717) is 18.8 Å². The number of aromatic nitrogens is 3. The number of sulfonamides is 1. The fraction of sp³-hybridized carbons (Fsp3) is 0.300. The summed E-state index contributed by atoms with van der Waals surface area (Å²) < 4.78 is 43.4. The van der Waals surface area contributed by atoms with Crippen LogP contribution in [0.1, 0.15) is 28.8 Å². The second kappa shape index (κ2) is 7.44. The third-order valence-electron chi connectivity index (χ3n) is 5.04. The van der Waals surface area contributed by atoms with Gasteiger partial charge < -0.3 is 4.57 Å². The van der Waals surface area contributed by atoms with E-state index in [0.717, 1.165) is 11.4 Å². The topological polar surface area (TPSA) is 68.1 Å². The summed E-state index contributed by atoms with van der Waals surface area (Å²) in [5, 5.41) is 8.31. The first-order valence-corrected chi connectivity index (χ1v) is 10.7. The standard InChI is InChI=1S/C20H21FN4O2S/c1-15-22-23-20-13-24(28(26,27)14-17-9-5-6-10-19(17)21)12-18(25(15)20)11-16-7-3-2-4-8-16/h2-10,18H,11-14H2,1H3/t18-/m1/s1. The minimum Gasteiger partial charge on any atom is -0.309 e. The van der Waals surface area contributed by atoms with Gasteiger partial charge in [-0.15, -0.1) is 10.2 Å². The molecule has 0 saturated heterocycles. The van der Waals surface area contributed by atoms with Crippen molar-refractivity contribution in [1.82, 2.24) is 19.1 Å². The molecule has 0 fully saturated rings. The zero-order valence-electron chi connectivity index (χ0n) is 15.5. The third-order valence-corrected chi connectivity index (χ3v) is 6.78. The normalized spacial score (nSPS) is 17.4. The summed E-state index contributed by atoms with van der Waals surface area (Å²) in [5.74, 6) is 0.497. The maximum atomic E-state index is 14.0. The first-order chi connectivity index (χ1) is 13.4. The molecule has 2 aromatic carbocycles. The molecular formula is C20H21FN4O2S. The van der Waals surface area contributed by atoms with Crippen molar-refractivity contribution in [3.05, 3.63) is 83.2 Å². The van der Waals surface area contributed by atoms with E-state index < -0.39 is 15.8 Å². The Morgan fingerprint density at radius 3 is 2.54 bits per heavy atom. The third kappa shape index (κ3) is 3.70. The van der Waals surface area contributed by atoms with Crippen LogP contribution in [-0.4, -0.2) is 34.0 Å². The lowest BCUT2D eigenvalue weighted by Gasteiger charge is -2.33. The monoisotopic (exact) mass is 400 g/mol. The van der Waals surface area contributed by atoms with Crippen molar-refractivity contribution in [3.63, 3.8) is 0 Å². The number of nitrogens with zero attached hydrogens (tertiary/aromatic N) is 4. The molecule has 28 heavy (non-hydrogen) atoms. The van der Waals surface area contributed by atoms with Crippen molar-refractivity contribution in [2.75, 3.05) is 6.54 Å². The fourth-order valence-electron chi connectivity index (χ4n) is 3.69. The van der Waals surface area contributed by atoms with Crippen molar-refractivity contribution in [2.45, 2.75) is 31.7 Å². The number of aryl methyl sites for hydroxylation is 1. The Kier molecular flexibility index (Phi) is 4.99. The number of benzene rings is 2. The van der Waals surface area contributed by atoms with E-state index in [1.165, 1.54) is 16.4 Å². The predicted molar refractivity (Wildman–Crippen MR) is 103 cm³/mol. The average Bonchev–Trinajstić information content (AvgIpc) is 3.06. The predicted octanol–water partition coefficient (Wildman–Crippen LogP) is 2.86. The van der Waals surface area contributed by atoms with Crippen LogP contribution in [0, 0.1) is 12.7 Å². The molecule has 1 atom stereocenters. The molecule has 0 saturated carbocycles. The van der Waals surface area contributed by atoms with Gasteiger partial charge in [-0.05, 0) is 25.0 Å². The highest BCUT2D eigenvalue weighted by Crippen LogP contribution is 2.28. The first-order valence-electron chi connectivity index (χ1n) is 9.09. The second-order valence-corrected chi connectivity index (χ2v) is 8.99. The zero-order valence-corrected chi connectivity index (χ0v) is 16.3. The van der Waals surface area contributed by atoms with Crippen molar-refractivity contribution >= 4 is 10.0 Å². The lowest BCUT2D eigenvalue weighted by atomic mass is 10.0. The van der Waals surface area contributed by atoms with Crippen LogP contribution in [0.15, 0.2) is 54.6 Å². The van der Waals surface area contributed by atoms with Crippen LogP contribution in [-0.2, 0) is 28.7 Å². The van der Waals surface area contributed by atoms with Gasteiger partial charge in [-0.2, -0.15) is 4.31 Å². The minimum atomic E-state index is -3.71. The number of halogens is 1. The molecule has 4 rings (SSSR count). The highest BCUT2D eigenvalue weighted by molar-refractivity contribution is 7.88. The SMILES string of the molecule is Cc1nnc2n1[C@H](Cc1ccccc1)CN(S(=O)(=O)Cc1ccccc1F)C2. The van der Waals surface area contributed by atoms with Gasteiger partial charge in [0, 0.05) is 12.1 Å². The quantitative estimate of drug-likeness (QED) is 0.661. The molecule has 2 heterocycles. The number of hydrogen-bond donors (Lipinski definition) is 0. The van der Waals surface area contributed by atoms with Crippen molar-refractivity contribution in [2.24, 2.45) is 0 Å². The molecule has 1 aromatic heterocycles. The average molecular weight is 400 g/mol. The Hall–Kier alpha value is -2.58. The van der Waals surface area contributed by atoms with E-state index >= 15 is 0 Å². The van der Waals surface area contributed by atoms with Crippen LogP contribution in [0.25, 0.3) is 0 Å². The molecule has 8 heteroatoms. The maximum absolute atomic E-state index is 14.0. The van der Waals surface area contributed by atoms with Crippen molar-refractivity contribution in [1.29, 1.82) is 0 Å². The molecule has 3 aromatic rings. The van der Waals surface area contributed by atoms with Crippen LogP contribution in [0.2, 0.25) is 0 Å². The molecule has 0 radical (unpaired) electrons. The van der Waals surface area contributed by atoms with Gasteiger partial charge >= 0.3 is 0 Å². The number of rotatable bonds is 5. The summed E-state index contributed by atoms with van der Waals surface area (Å²) in [7, 11) is -3.71. The molecule has 0 bridgehead atoms. The highest BCUT2D eigenvalue weighted by atomic mass is 32.2. The molecular weight excluding hydrogens is 379 g/mol. The largest absolute Gasteiger partial charge is 0.309 e. The minimum absolute atomic E-state index is 0.114. The van der Waals surface area contributed by atoms with Gasteiger partial charge in [0.15, 0.2) is 0 Å². The Morgan fingerprint density at radius 2 is 1.79 bits per heavy atom. The second-order valence-electron chi connectivity index (χ2n) is 7.02. The van der Waals surface area contributed by atoms with E-state index in [-0.39, 0.29) is 23.9 Å². The van der Waals surface area contributed by atoms with Gasteiger partial charge in [0.1, 0.15) is 17.5 Å². The van der Waals surface area contributed by atoms with Gasteiger partial charge in [-0.25, -0.2) is 12.8 Å². The number of fused-ring (bicyclic) bond motifs is 1. The van der Waals surface area contributed by atoms with Crippen LogP contribution in [0.5, 0.6) is 0 Å². The van der Waals surface area contributed by atoms with Crippen LogP contribution < -0.4 is 0 Å². The molecule has 0 aliphatic carbocycles. The summed E-state index contributed by atoms with van der Waals surface area (Å²) >= 11 is 0. The molecule has 0 N–H and O–H groups in total. The molecule has 1 aliphatic heterocycles. The highest BCUT2D eigenvalue weighted by Gasteiger charge is 2.34. The zero-order chi connectivity index (χ0) is 19.7. The van der Waals surface area contributed by atoms with E-state index in [9.17, 15) is 12.8 Å². The van der Waals surface area contributed by atoms with Crippen molar-refractivity contribution < 1.29 is 12.8 Å². The van der Waals surface area contributed by atoms with Gasteiger partial charge in [0.25, 0.3) is 0 Å². The summed E-state index contributed by atoms with van der Waals surface area (Å²) in [6.45, 7) is 2.32. The van der Waals surface area contributed by atoms with E-state index in [4.69, 9.17) is 0 Å². The summed E-state index contributed by atoms with van der Waals surface area (Å²) in [4.78, 5) is 0. The van der Waals surface area contributed by atoms with Crippen LogP contribution >= 0.6 is 0 Å². The Morgan fingerprint density at radius 1 is 1.07 bits per heavy atom. The fourth-order valence-corrected chi connectivity index (χ4v) is 5.21. The van der Waals surface area contributed by atoms with Crippen molar-refractivity contribution in [3.8, 4) is 0 Å². The lowest BCUT2D eigenvalue weighted by molar-refractivity contribution is 0.274. The molecule has 0 spiro atoms. The summed E-state index contributed by atoms with van der Waals surface area (Å²) in [6, 6.07) is 15.8. The van der Waals surface area contributed by atoms with Gasteiger partial charge in [-0.3, -0.25) is 0 Å². The Labute approximate surface area is 163 Å². The smallest absolute Gasteiger partial charge is 0.218 e. The van der Waals surface area contributed by atoms with Gasteiger partial charge in [0.05, 0.1) is 18.3 Å².